The van der Waals surface area contributed by atoms with Gasteiger partial charge >= 0.3 is 0 Å². The van der Waals surface area contributed by atoms with Gasteiger partial charge in [0.15, 0.2) is 9.84 Å². The summed E-state index contributed by atoms with van der Waals surface area (Å²) in [6.45, 7) is 0. The monoisotopic (exact) mass is 320 g/mol. The number of hydrogen-bond donors (Lipinski definition) is 1. The van der Waals surface area contributed by atoms with Crippen LogP contribution in [-0.2, 0) is 9.84 Å². The summed E-state index contributed by atoms with van der Waals surface area (Å²) in [7, 11) is -1.64. The van der Waals surface area contributed by atoms with E-state index in [1.54, 1.807) is 0 Å². The Morgan fingerprint density at radius 2 is 1.95 bits per heavy atom. The third-order valence-corrected chi connectivity index (χ3v) is 5.40. The first kappa shape index (κ1) is 15.1. The zero-order chi connectivity index (χ0) is 15.1. The van der Waals surface area contributed by atoms with Gasteiger partial charge in [0, 0.05) is 18.7 Å². The van der Waals surface area contributed by atoms with Gasteiger partial charge in [0.2, 0.25) is 0 Å². The topological polar surface area (TPSA) is 63.4 Å². The van der Waals surface area contributed by atoms with Crippen LogP contribution >= 0.6 is 12.2 Å². The van der Waals surface area contributed by atoms with Crippen molar-refractivity contribution in [1.29, 1.82) is 0 Å². The summed E-state index contributed by atoms with van der Waals surface area (Å²) >= 11 is 4.68. The predicted octanol–water partition coefficient (Wildman–Crippen LogP) is 1.22. The molecule has 1 unspecified atom stereocenters. The van der Waals surface area contributed by atoms with Gasteiger partial charge in [-0.2, -0.15) is 0 Å². The number of halogens is 2. The number of sulfone groups is 1. The maximum atomic E-state index is 14.0. The molecule has 0 aromatic heterocycles. The van der Waals surface area contributed by atoms with Crippen LogP contribution in [0.25, 0.3) is 0 Å². The third kappa shape index (κ3) is 2.90. The molecule has 2 N–H and O–H groups in total. The van der Waals surface area contributed by atoms with Crippen LogP contribution in [0.5, 0.6) is 0 Å². The molecule has 0 bridgehead atoms. The molecule has 1 aromatic rings. The second-order valence-corrected chi connectivity index (χ2v) is 7.49. The normalized spacial score (nSPS) is 20.9. The van der Waals surface area contributed by atoms with Crippen LogP contribution < -0.4 is 10.6 Å². The van der Waals surface area contributed by atoms with Gasteiger partial charge in [-0.25, -0.2) is 17.2 Å². The zero-order valence-electron chi connectivity index (χ0n) is 10.8. The molecule has 1 aliphatic rings. The maximum Gasteiger partial charge on any atom is 0.152 e. The Morgan fingerprint density at radius 3 is 2.35 bits per heavy atom. The van der Waals surface area contributed by atoms with Gasteiger partial charge in [0.25, 0.3) is 0 Å². The molecule has 1 aromatic carbocycles. The van der Waals surface area contributed by atoms with Crippen LogP contribution in [0.15, 0.2) is 12.1 Å². The average Bonchev–Trinajstić information content (AvgIpc) is 2.68. The number of thiocarbonyl (C=S) groups is 1. The number of benzene rings is 1. The van der Waals surface area contributed by atoms with E-state index in [9.17, 15) is 17.2 Å². The number of anilines is 1. The van der Waals surface area contributed by atoms with Crippen molar-refractivity contribution in [2.45, 2.75) is 12.5 Å². The van der Waals surface area contributed by atoms with Gasteiger partial charge in [-0.15, -0.1) is 0 Å². The van der Waals surface area contributed by atoms with Crippen LogP contribution in [0, 0.1) is 11.6 Å². The summed E-state index contributed by atoms with van der Waals surface area (Å²) in [5.74, 6) is -1.67. The molecule has 2 rings (SSSR count). The van der Waals surface area contributed by atoms with Crippen molar-refractivity contribution in [1.82, 2.24) is 0 Å². The van der Waals surface area contributed by atoms with Gasteiger partial charge in [-0.1, -0.05) is 12.2 Å². The van der Waals surface area contributed by atoms with Crippen molar-refractivity contribution < 1.29 is 17.2 Å². The van der Waals surface area contributed by atoms with E-state index in [0.717, 1.165) is 12.1 Å². The largest absolute Gasteiger partial charge is 0.389 e. The molecular weight excluding hydrogens is 306 g/mol. The molecule has 1 saturated heterocycles. The van der Waals surface area contributed by atoms with Crippen LogP contribution in [0.3, 0.4) is 0 Å². The van der Waals surface area contributed by atoms with E-state index in [1.165, 1.54) is 11.9 Å². The van der Waals surface area contributed by atoms with Crippen molar-refractivity contribution in [3.63, 3.8) is 0 Å². The van der Waals surface area contributed by atoms with Crippen molar-refractivity contribution >= 4 is 32.7 Å². The molecule has 1 heterocycles. The first-order valence-electron chi connectivity index (χ1n) is 5.93. The number of hydrogen-bond acceptors (Lipinski definition) is 4. The fourth-order valence-electron chi connectivity index (χ4n) is 2.31. The summed E-state index contributed by atoms with van der Waals surface area (Å²) < 4.78 is 50.9. The van der Waals surface area contributed by atoms with Gasteiger partial charge < -0.3 is 10.6 Å². The Morgan fingerprint density at radius 1 is 1.40 bits per heavy atom. The van der Waals surface area contributed by atoms with Gasteiger partial charge in [-0.05, 0) is 18.6 Å². The number of nitrogens with zero attached hydrogens (tertiary/aromatic N) is 1. The zero-order valence-corrected chi connectivity index (χ0v) is 12.4. The molecule has 0 amide bonds. The standard InChI is InChI=1S/C12H14F2N2O2S2/c1-16(8-2-3-20(17,18)6-8)11-9(13)4-7(12(15)19)5-10(11)14/h4-5,8H,2-3,6H2,1H3,(H2,15,19). The molecule has 0 spiro atoms. The minimum Gasteiger partial charge on any atom is -0.389 e. The molecule has 4 nitrogen and oxygen atoms in total. The van der Waals surface area contributed by atoms with E-state index in [1.807, 2.05) is 0 Å². The maximum absolute atomic E-state index is 14.0. The SMILES string of the molecule is CN(c1c(F)cc(C(N)=S)cc1F)C1CCS(=O)(=O)C1. The molecule has 0 aliphatic carbocycles. The van der Waals surface area contributed by atoms with Gasteiger partial charge in [0.05, 0.1) is 11.5 Å². The van der Waals surface area contributed by atoms with Crippen LogP contribution in [0.1, 0.15) is 12.0 Å². The molecule has 0 radical (unpaired) electrons. The molecule has 0 saturated carbocycles. The van der Waals surface area contributed by atoms with E-state index in [0.29, 0.717) is 6.42 Å². The first-order valence-corrected chi connectivity index (χ1v) is 8.16. The molecule has 1 aliphatic heterocycles. The summed E-state index contributed by atoms with van der Waals surface area (Å²) in [4.78, 5) is 1.24. The van der Waals surface area contributed by atoms with E-state index < -0.39 is 27.5 Å². The van der Waals surface area contributed by atoms with Crippen LogP contribution in [0.4, 0.5) is 14.5 Å². The Labute approximate surface area is 121 Å². The van der Waals surface area contributed by atoms with Gasteiger partial charge in [0.1, 0.15) is 22.3 Å². The highest BCUT2D eigenvalue weighted by molar-refractivity contribution is 7.91. The number of nitrogens with two attached hydrogens (primary N) is 1. The summed E-state index contributed by atoms with van der Waals surface area (Å²) in [5, 5.41) is 0. The minimum absolute atomic E-state index is 0.0379. The highest BCUT2D eigenvalue weighted by Gasteiger charge is 2.32. The van der Waals surface area contributed by atoms with Crippen molar-refractivity contribution in [2.24, 2.45) is 5.73 Å². The molecule has 1 atom stereocenters. The molecule has 8 heteroatoms. The van der Waals surface area contributed by atoms with Crippen molar-refractivity contribution in [3.8, 4) is 0 Å². The molecule has 110 valence electrons. The highest BCUT2D eigenvalue weighted by Crippen LogP contribution is 2.29. The Kier molecular flexibility index (Phi) is 3.97. The van der Waals surface area contributed by atoms with Crippen LogP contribution in [-0.4, -0.2) is 38.0 Å². The fourth-order valence-corrected chi connectivity index (χ4v) is 4.20. The summed E-state index contributed by atoms with van der Waals surface area (Å²) in [5.41, 5.74) is 5.19. The van der Waals surface area contributed by atoms with Crippen molar-refractivity contribution in [2.75, 3.05) is 23.5 Å². The third-order valence-electron chi connectivity index (χ3n) is 3.41. The second kappa shape index (κ2) is 5.25. The van der Waals surface area contributed by atoms with E-state index in [-0.39, 0.29) is 27.7 Å². The summed E-state index contributed by atoms with van der Waals surface area (Å²) in [6, 6.07) is 1.68. The Balaban J connectivity index is 2.36. The predicted molar refractivity (Wildman–Crippen MR) is 77.7 cm³/mol. The number of rotatable bonds is 3. The Hall–Kier alpha value is -1.28. The second-order valence-electron chi connectivity index (χ2n) is 4.82. The van der Waals surface area contributed by atoms with Gasteiger partial charge in [-0.3, -0.25) is 0 Å². The lowest BCUT2D eigenvalue weighted by Gasteiger charge is -2.26. The van der Waals surface area contributed by atoms with Crippen molar-refractivity contribution in [3.05, 3.63) is 29.3 Å². The first-order chi connectivity index (χ1) is 9.21. The highest BCUT2D eigenvalue weighted by atomic mass is 32.2. The average molecular weight is 320 g/mol. The van der Waals surface area contributed by atoms with E-state index in [4.69, 9.17) is 5.73 Å². The lowest BCUT2D eigenvalue weighted by atomic mass is 10.1. The smallest absolute Gasteiger partial charge is 0.152 e. The lowest BCUT2D eigenvalue weighted by molar-refractivity contribution is 0.561. The Bertz CT molecular complexity index is 638. The lowest BCUT2D eigenvalue weighted by Crippen LogP contribution is -2.34. The summed E-state index contributed by atoms with van der Waals surface area (Å²) in [6.07, 6.45) is 0.356. The fraction of sp³-hybridized carbons (Fsp3) is 0.417. The molecule has 1 fully saturated rings. The van der Waals surface area contributed by atoms with E-state index in [2.05, 4.69) is 12.2 Å². The molecular formula is C12H14F2N2O2S2. The minimum atomic E-state index is -3.12. The quantitative estimate of drug-likeness (QED) is 0.849. The van der Waals surface area contributed by atoms with E-state index >= 15 is 0 Å². The molecule has 20 heavy (non-hydrogen) atoms. The van der Waals surface area contributed by atoms with Crippen LogP contribution in [0.2, 0.25) is 0 Å².